The fourth-order valence-electron chi connectivity index (χ4n) is 0.385. The van der Waals surface area contributed by atoms with Crippen molar-refractivity contribution in [2.75, 3.05) is 11.5 Å². The highest BCUT2D eigenvalue weighted by atomic mass is 33.1. The Morgan fingerprint density at radius 1 is 0.938 bits per heavy atom. The lowest BCUT2D eigenvalue weighted by Gasteiger charge is -2.07. The minimum atomic E-state index is -1.07. The van der Waals surface area contributed by atoms with Gasteiger partial charge in [-0.2, -0.15) is 27.0 Å². The molecule has 0 aromatic heterocycles. The predicted octanol–water partition coefficient (Wildman–Crippen LogP) is -0.583. The Morgan fingerprint density at radius 2 is 1.19 bits per heavy atom. The summed E-state index contributed by atoms with van der Waals surface area (Å²) in [4.78, 5) is 20.5. The Balaban J connectivity index is -0.000000845. The van der Waals surface area contributed by atoms with Gasteiger partial charge in [-0.3, -0.25) is 9.59 Å². The van der Waals surface area contributed by atoms with Crippen molar-refractivity contribution in [2.24, 2.45) is 11.5 Å². The van der Waals surface area contributed by atoms with Gasteiger partial charge in [-0.05, 0) is 0 Å². The lowest BCUT2D eigenvalue weighted by atomic mass is 10.4. The Labute approximate surface area is 115 Å². The molecule has 6 N–H and O–H groups in total. The molecular weight excluding hydrogens is 292 g/mol. The summed E-state index contributed by atoms with van der Waals surface area (Å²) in [7, 11) is 2.41. The highest BCUT2D eigenvalue weighted by Gasteiger charge is 2.14. The van der Waals surface area contributed by atoms with E-state index < -0.39 is 24.0 Å². The Hall–Kier alpha value is 0.260. The molecule has 98 valence electrons. The van der Waals surface area contributed by atoms with Gasteiger partial charge in [-0.1, -0.05) is 21.6 Å². The summed E-state index contributed by atoms with van der Waals surface area (Å²) in [5.41, 5.74) is 10.4. The first kappa shape index (κ1) is 21.5. The summed E-state index contributed by atoms with van der Waals surface area (Å²) in [5.74, 6) is -1.68. The van der Waals surface area contributed by atoms with Crippen molar-refractivity contribution in [3.05, 3.63) is 0 Å². The van der Waals surface area contributed by atoms with E-state index in [1.54, 1.807) is 0 Å². The fourth-order valence-corrected chi connectivity index (χ4v) is 2.61. The minimum Gasteiger partial charge on any atom is -0.480 e. The number of hydrogen-bond acceptors (Lipinski definition) is 6. The zero-order valence-corrected chi connectivity index (χ0v) is 11.9. The molecule has 2 atom stereocenters. The van der Waals surface area contributed by atoms with Crippen molar-refractivity contribution in [3.8, 4) is 0 Å². The second kappa shape index (κ2) is 11.7. The van der Waals surface area contributed by atoms with E-state index in [0.29, 0.717) is 0 Å². The third kappa shape index (κ3) is 10.8. The average Bonchev–Trinajstić information content (AvgIpc) is 2.11. The van der Waals surface area contributed by atoms with E-state index in [9.17, 15) is 9.59 Å². The van der Waals surface area contributed by atoms with Crippen LogP contribution in [0.3, 0.4) is 0 Å². The highest BCUT2D eigenvalue weighted by Crippen LogP contribution is 2.22. The van der Waals surface area contributed by atoms with Crippen LogP contribution in [0.15, 0.2) is 0 Å². The van der Waals surface area contributed by atoms with E-state index in [1.807, 2.05) is 0 Å². The fraction of sp³-hybridized carbons (Fsp3) is 0.667. The van der Waals surface area contributed by atoms with Crippen molar-refractivity contribution in [3.63, 3.8) is 0 Å². The second-order valence-electron chi connectivity index (χ2n) is 2.46. The van der Waals surface area contributed by atoms with Gasteiger partial charge >= 0.3 is 11.9 Å². The summed E-state index contributed by atoms with van der Waals surface area (Å²) in [5, 5.41) is 16.8. The molecule has 0 heterocycles. The number of hydrogen-bond donors (Lipinski definition) is 4. The van der Waals surface area contributed by atoms with Gasteiger partial charge in [-0.25, -0.2) is 0 Å². The largest absolute Gasteiger partial charge is 0.480 e. The monoisotopic (exact) mass is 308 g/mol. The molecule has 0 aliphatic heterocycles. The summed E-state index contributed by atoms with van der Waals surface area (Å²) >= 11 is 0. The molecule has 0 aliphatic rings. The van der Waals surface area contributed by atoms with Gasteiger partial charge < -0.3 is 21.7 Å². The molecule has 0 unspecified atom stereocenters. The first-order valence-electron chi connectivity index (χ1n) is 3.66. The molecule has 0 saturated carbocycles. The Morgan fingerprint density at radius 3 is 1.38 bits per heavy atom. The van der Waals surface area contributed by atoms with Crippen LogP contribution in [0.1, 0.15) is 0 Å². The summed E-state index contributed by atoms with van der Waals surface area (Å²) in [6.07, 6.45) is 0. The molecule has 0 fully saturated rings. The summed E-state index contributed by atoms with van der Waals surface area (Å²) in [6.45, 7) is 0. The maximum Gasteiger partial charge on any atom is 0.321 e. The maximum absolute atomic E-state index is 10.3. The predicted molar refractivity (Wildman–Crippen MR) is 76.9 cm³/mol. The van der Waals surface area contributed by atoms with E-state index >= 15 is 0 Å². The third-order valence-corrected chi connectivity index (χ3v) is 3.69. The van der Waals surface area contributed by atoms with Crippen molar-refractivity contribution < 1.29 is 19.8 Å². The molecule has 16 heavy (non-hydrogen) atoms. The van der Waals surface area contributed by atoms with Gasteiger partial charge in [0.05, 0.1) is 0 Å². The van der Waals surface area contributed by atoms with Gasteiger partial charge in [0.1, 0.15) is 12.1 Å². The van der Waals surface area contributed by atoms with Crippen LogP contribution in [0.4, 0.5) is 0 Å². The van der Waals surface area contributed by atoms with Crippen LogP contribution in [0.2, 0.25) is 0 Å². The van der Waals surface area contributed by atoms with E-state index in [0.717, 1.165) is 0 Å². The van der Waals surface area contributed by atoms with Crippen molar-refractivity contribution >= 4 is 60.5 Å². The molecular formula is C6H16N2O4S4. The number of rotatable bonds is 7. The standard InChI is InChI=1S/C6H12N2O4S2.2H2S/c7-3(5(9)10)1-13-14-2-4(8)6(11)12;;/h3-4H,1-2,7-8H2,(H,9,10)(H,11,12);2*1H2/t3-,4-;;/m0../s1. The first-order chi connectivity index (χ1) is 6.45. The topological polar surface area (TPSA) is 127 Å². The van der Waals surface area contributed by atoms with Crippen LogP contribution in [0.5, 0.6) is 0 Å². The van der Waals surface area contributed by atoms with Crippen LogP contribution in [-0.4, -0.2) is 45.7 Å². The second-order valence-corrected chi connectivity index (χ2v) is 5.01. The number of carbonyl (C=O) groups is 2. The molecule has 0 aromatic carbocycles. The molecule has 0 aromatic rings. The highest BCUT2D eigenvalue weighted by molar-refractivity contribution is 8.76. The zero-order chi connectivity index (χ0) is 11.1. The van der Waals surface area contributed by atoms with E-state index in [2.05, 4.69) is 0 Å². The van der Waals surface area contributed by atoms with Crippen molar-refractivity contribution in [2.45, 2.75) is 12.1 Å². The number of carboxylic acids is 2. The number of nitrogens with two attached hydrogens (primary N) is 2. The van der Waals surface area contributed by atoms with Crippen LogP contribution in [0, 0.1) is 0 Å². The third-order valence-electron chi connectivity index (χ3n) is 1.21. The average molecular weight is 308 g/mol. The first-order valence-corrected chi connectivity index (χ1v) is 6.15. The maximum atomic E-state index is 10.3. The molecule has 0 aliphatic carbocycles. The summed E-state index contributed by atoms with van der Waals surface area (Å²) < 4.78 is 0. The molecule has 0 spiro atoms. The molecule has 0 radical (unpaired) electrons. The smallest absolute Gasteiger partial charge is 0.321 e. The Bertz CT molecular complexity index is 197. The van der Waals surface area contributed by atoms with Crippen LogP contribution < -0.4 is 11.5 Å². The van der Waals surface area contributed by atoms with Gasteiger partial charge in [0.25, 0.3) is 0 Å². The van der Waals surface area contributed by atoms with Gasteiger partial charge in [0, 0.05) is 11.5 Å². The molecule has 0 amide bonds. The van der Waals surface area contributed by atoms with Gasteiger partial charge in [-0.15, -0.1) is 0 Å². The molecule has 0 saturated heterocycles. The van der Waals surface area contributed by atoms with Gasteiger partial charge in [0.15, 0.2) is 0 Å². The molecule has 0 bridgehead atoms. The van der Waals surface area contributed by atoms with Crippen LogP contribution in [-0.2, 0) is 9.59 Å². The number of carboxylic acid groups (broad SMARTS) is 2. The van der Waals surface area contributed by atoms with Crippen molar-refractivity contribution in [1.82, 2.24) is 0 Å². The molecule has 0 rings (SSSR count). The van der Waals surface area contributed by atoms with Gasteiger partial charge in [0.2, 0.25) is 0 Å². The molecule has 6 nitrogen and oxygen atoms in total. The minimum absolute atomic E-state index is 0. The summed E-state index contributed by atoms with van der Waals surface area (Å²) in [6, 6.07) is -1.85. The Kier molecular flexibility index (Phi) is 15.8. The molecule has 10 heteroatoms. The van der Waals surface area contributed by atoms with E-state index in [-0.39, 0.29) is 38.5 Å². The number of aliphatic carboxylic acids is 2. The van der Waals surface area contributed by atoms with E-state index in [4.69, 9.17) is 21.7 Å². The normalized spacial score (nSPS) is 12.9. The SMILES string of the molecule is N[C@@H](CSSC[C@H](N)C(=O)O)C(=O)O.S.S. The lowest BCUT2D eigenvalue weighted by Crippen LogP contribution is -2.33. The lowest BCUT2D eigenvalue weighted by molar-refractivity contribution is -0.138. The van der Waals surface area contributed by atoms with Crippen molar-refractivity contribution in [1.29, 1.82) is 0 Å². The van der Waals surface area contributed by atoms with Crippen LogP contribution >= 0.6 is 48.6 Å². The van der Waals surface area contributed by atoms with E-state index in [1.165, 1.54) is 21.6 Å². The quantitative estimate of drug-likeness (QED) is 0.363. The zero-order valence-electron chi connectivity index (χ0n) is 8.25. The van der Waals surface area contributed by atoms with Crippen LogP contribution in [0.25, 0.3) is 0 Å².